The maximum Gasteiger partial charge on any atom is 0.268 e. The zero-order valence-electron chi connectivity index (χ0n) is 13.5. The van der Waals surface area contributed by atoms with Crippen LogP contribution in [0.4, 0.5) is 0 Å². The number of thiophene rings is 1. The Labute approximate surface area is 148 Å². The molecule has 24 heavy (non-hydrogen) atoms. The minimum Gasteiger partial charge on any atom is -0.373 e. The molecule has 0 radical (unpaired) electrons. The van der Waals surface area contributed by atoms with E-state index in [1.54, 1.807) is 0 Å². The molecule has 7 heteroatoms. The van der Waals surface area contributed by atoms with Gasteiger partial charge in [0.25, 0.3) is 5.56 Å². The van der Waals surface area contributed by atoms with Gasteiger partial charge in [0.15, 0.2) is 0 Å². The molecule has 0 saturated carbocycles. The van der Waals surface area contributed by atoms with Gasteiger partial charge in [0.2, 0.25) is 0 Å². The number of aromatic amines is 1. The second-order valence-corrected chi connectivity index (χ2v) is 7.87. The van der Waals surface area contributed by atoms with Gasteiger partial charge in [0.05, 0.1) is 24.3 Å². The molecule has 1 N–H and O–H groups in total. The van der Waals surface area contributed by atoms with Crippen molar-refractivity contribution < 1.29 is 4.74 Å². The Morgan fingerprint density at radius 3 is 2.88 bits per heavy atom. The van der Waals surface area contributed by atoms with Gasteiger partial charge in [-0.3, -0.25) is 9.69 Å². The number of rotatable bonds is 2. The number of H-pyrrole nitrogens is 1. The summed E-state index contributed by atoms with van der Waals surface area (Å²) in [6.07, 6.45) is 0.370. The zero-order valence-corrected chi connectivity index (χ0v) is 15.1. The number of aromatic nitrogens is 2. The highest BCUT2D eigenvalue weighted by atomic mass is 35.5. The molecule has 1 aromatic carbocycles. The molecule has 3 heterocycles. The third-order valence-electron chi connectivity index (χ3n) is 4.20. The zero-order chi connectivity index (χ0) is 16.8. The number of hydrogen-bond acceptors (Lipinski definition) is 5. The highest BCUT2D eigenvalue weighted by Crippen LogP contribution is 2.32. The van der Waals surface area contributed by atoms with Crippen molar-refractivity contribution >= 4 is 43.2 Å². The molecule has 0 aliphatic carbocycles. The van der Waals surface area contributed by atoms with Crippen molar-refractivity contribution in [3.63, 3.8) is 0 Å². The SMILES string of the molecule is CC1CN(Cc2nc3c(sc4ccc(Cl)cc43)c(=O)[nH]2)CC(C)O1. The summed E-state index contributed by atoms with van der Waals surface area (Å²) < 4.78 is 7.44. The van der Waals surface area contributed by atoms with Gasteiger partial charge in [-0.15, -0.1) is 11.3 Å². The Morgan fingerprint density at radius 1 is 1.38 bits per heavy atom. The van der Waals surface area contributed by atoms with Crippen molar-refractivity contribution in [2.75, 3.05) is 13.1 Å². The van der Waals surface area contributed by atoms with Crippen LogP contribution in [0.25, 0.3) is 20.3 Å². The van der Waals surface area contributed by atoms with Gasteiger partial charge in [0, 0.05) is 28.2 Å². The topological polar surface area (TPSA) is 58.2 Å². The Morgan fingerprint density at radius 2 is 2.12 bits per heavy atom. The van der Waals surface area contributed by atoms with E-state index < -0.39 is 0 Å². The number of benzene rings is 1. The van der Waals surface area contributed by atoms with Crippen LogP contribution >= 0.6 is 22.9 Å². The number of ether oxygens (including phenoxy) is 1. The van der Waals surface area contributed by atoms with Gasteiger partial charge in [-0.2, -0.15) is 0 Å². The van der Waals surface area contributed by atoms with Crippen LogP contribution in [0.5, 0.6) is 0 Å². The van der Waals surface area contributed by atoms with Crippen molar-refractivity contribution in [3.8, 4) is 0 Å². The highest BCUT2D eigenvalue weighted by Gasteiger charge is 2.23. The number of hydrogen-bond donors (Lipinski definition) is 1. The van der Waals surface area contributed by atoms with Crippen molar-refractivity contribution in [2.24, 2.45) is 0 Å². The first-order valence-corrected chi connectivity index (χ1v) is 9.18. The number of halogens is 1. The highest BCUT2D eigenvalue weighted by molar-refractivity contribution is 7.25. The summed E-state index contributed by atoms with van der Waals surface area (Å²) in [7, 11) is 0. The summed E-state index contributed by atoms with van der Waals surface area (Å²) >= 11 is 7.57. The van der Waals surface area contributed by atoms with Gasteiger partial charge in [-0.05, 0) is 32.0 Å². The van der Waals surface area contributed by atoms with Crippen LogP contribution in [0.2, 0.25) is 5.02 Å². The smallest absolute Gasteiger partial charge is 0.268 e. The van der Waals surface area contributed by atoms with Gasteiger partial charge in [-0.25, -0.2) is 4.98 Å². The van der Waals surface area contributed by atoms with E-state index in [-0.39, 0.29) is 17.8 Å². The molecule has 1 saturated heterocycles. The fourth-order valence-corrected chi connectivity index (χ4v) is 4.56. The van der Waals surface area contributed by atoms with Crippen molar-refractivity contribution in [1.82, 2.24) is 14.9 Å². The summed E-state index contributed by atoms with van der Waals surface area (Å²) in [5.74, 6) is 0.688. The largest absolute Gasteiger partial charge is 0.373 e. The van der Waals surface area contributed by atoms with E-state index in [9.17, 15) is 4.79 Å². The van der Waals surface area contributed by atoms with Crippen LogP contribution in [-0.2, 0) is 11.3 Å². The molecular formula is C17H18ClN3O2S. The van der Waals surface area contributed by atoms with E-state index in [1.165, 1.54) is 11.3 Å². The summed E-state index contributed by atoms with van der Waals surface area (Å²) in [6, 6.07) is 5.66. The Balaban J connectivity index is 1.75. The molecule has 1 aliphatic rings. The lowest BCUT2D eigenvalue weighted by Crippen LogP contribution is -2.45. The molecule has 0 amide bonds. The Bertz CT molecular complexity index is 958. The van der Waals surface area contributed by atoms with Gasteiger partial charge in [-0.1, -0.05) is 11.6 Å². The molecule has 0 spiro atoms. The number of nitrogens with zero attached hydrogens (tertiary/aromatic N) is 2. The monoisotopic (exact) mass is 363 g/mol. The molecule has 126 valence electrons. The van der Waals surface area contributed by atoms with Crippen LogP contribution in [0.15, 0.2) is 23.0 Å². The molecule has 2 unspecified atom stereocenters. The first-order chi connectivity index (χ1) is 11.5. The lowest BCUT2D eigenvalue weighted by atomic mass is 10.2. The van der Waals surface area contributed by atoms with Crippen LogP contribution in [0, 0.1) is 0 Å². The summed E-state index contributed by atoms with van der Waals surface area (Å²) in [5, 5.41) is 1.60. The minimum atomic E-state index is -0.0818. The Kier molecular flexibility index (Phi) is 4.08. The van der Waals surface area contributed by atoms with Crippen LogP contribution in [-0.4, -0.2) is 40.2 Å². The van der Waals surface area contributed by atoms with E-state index in [1.807, 2.05) is 18.2 Å². The standard InChI is InChI=1S/C17H18ClN3O2S/c1-9-6-21(7-10(2)23-9)8-14-19-15-12-5-11(18)3-4-13(12)24-16(15)17(22)20-14/h3-5,9-10H,6-8H2,1-2H3,(H,19,20,22). The predicted molar refractivity (Wildman–Crippen MR) is 98.0 cm³/mol. The van der Waals surface area contributed by atoms with Gasteiger partial charge in [0.1, 0.15) is 10.5 Å². The minimum absolute atomic E-state index is 0.0818. The molecule has 5 nitrogen and oxygen atoms in total. The molecule has 1 fully saturated rings. The number of nitrogens with one attached hydrogen (secondary N) is 1. The molecule has 0 bridgehead atoms. The molecule has 4 rings (SSSR count). The average Bonchev–Trinajstić information content (AvgIpc) is 2.85. The van der Waals surface area contributed by atoms with Crippen LogP contribution in [0.3, 0.4) is 0 Å². The summed E-state index contributed by atoms with van der Waals surface area (Å²) in [6.45, 7) is 6.42. The maximum absolute atomic E-state index is 12.5. The van der Waals surface area contributed by atoms with Crippen molar-refractivity contribution in [1.29, 1.82) is 0 Å². The van der Waals surface area contributed by atoms with E-state index in [0.29, 0.717) is 22.1 Å². The van der Waals surface area contributed by atoms with E-state index >= 15 is 0 Å². The molecule has 2 atom stereocenters. The Hall–Kier alpha value is -1.47. The predicted octanol–water partition coefficient (Wildman–Crippen LogP) is 3.40. The van der Waals surface area contributed by atoms with Crippen molar-refractivity contribution in [3.05, 3.63) is 39.4 Å². The van der Waals surface area contributed by atoms with Crippen LogP contribution < -0.4 is 5.56 Å². The lowest BCUT2D eigenvalue weighted by molar-refractivity contribution is -0.0710. The van der Waals surface area contributed by atoms with Crippen molar-refractivity contribution in [2.45, 2.75) is 32.6 Å². The van der Waals surface area contributed by atoms with E-state index in [4.69, 9.17) is 21.3 Å². The lowest BCUT2D eigenvalue weighted by Gasteiger charge is -2.34. The first kappa shape index (κ1) is 16.0. The normalized spacial score (nSPS) is 22.5. The van der Waals surface area contributed by atoms with E-state index in [2.05, 4.69) is 23.7 Å². The third-order valence-corrected chi connectivity index (χ3v) is 5.60. The second-order valence-electron chi connectivity index (χ2n) is 6.38. The molecular weight excluding hydrogens is 346 g/mol. The molecule has 2 aromatic heterocycles. The maximum atomic E-state index is 12.5. The fourth-order valence-electron chi connectivity index (χ4n) is 3.37. The number of fused-ring (bicyclic) bond motifs is 3. The van der Waals surface area contributed by atoms with Gasteiger partial charge >= 0.3 is 0 Å². The summed E-state index contributed by atoms with van der Waals surface area (Å²) in [5.41, 5.74) is 0.660. The quantitative estimate of drug-likeness (QED) is 0.758. The summed E-state index contributed by atoms with van der Waals surface area (Å²) in [4.78, 5) is 22.4. The molecule has 1 aliphatic heterocycles. The second kappa shape index (κ2) is 6.11. The fraction of sp³-hybridized carbons (Fsp3) is 0.412. The first-order valence-electron chi connectivity index (χ1n) is 7.98. The third kappa shape index (κ3) is 2.95. The van der Waals surface area contributed by atoms with Crippen LogP contribution in [0.1, 0.15) is 19.7 Å². The van der Waals surface area contributed by atoms with E-state index in [0.717, 1.165) is 28.7 Å². The number of morpholine rings is 1. The molecule has 3 aromatic rings. The average molecular weight is 364 g/mol. The van der Waals surface area contributed by atoms with Gasteiger partial charge < -0.3 is 9.72 Å².